The van der Waals surface area contributed by atoms with Gasteiger partial charge in [-0.15, -0.1) is 19.3 Å². The van der Waals surface area contributed by atoms with Crippen molar-refractivity contribution in [1.29, 1.82) is 0 Å². The third-order valence-corrected chi connectivity index (χ3v) is 14.6. The molecule has 9 aliphatic carbocycles. The Morgan fingerprint density at radius 3 is 0.789 bits per heavy atom. The molecule has 0 saturated heterocycles. The summed E-state index contributed by atoms with van der Waals surface area (Å²) in [5, 5.41) is 0. The summed E-state index contributed by atoms with van der Waals surface area (Å²) in [7, 11) is 0. The molecule has 0 N–H and O–H groups in total. The maximum atomic E-state index is 6.04. The monoisotopic (exact) mass is 720 g/mol. The highest BCUT2D eigenvalue weighted by molar-refractivity contribution is 5.71. The van der Waals surface area contributed by atoms with Crippen molar-refractivity contribution in [3.05, 3.63) is 141 Å². The zero-order chi connectivity index (χ0) is 38.8. The molecular weight excluding hydrogens is 685 g/mol. The highest BCUT2D eigenvalue weighted by Gasteiger charge is 2.66. The third-order valence-electron chi connectivity index (χ3n) is 14.6. The van der Waals surface area contributed by atoms with E-state index < -0.39 is 0 Å². The van der Waals surface area contributed by atoms with Crippen LogP contribution < -0.4 is 0 Å². The topological polar surface area (TPSA) is 0 Å². The zero-order valence-corrected chi connectivity index (χ0v) is 31.8. The van der Waals surface area contributed by atoms with Gasteiger partial charge in [0, 0.05) is 82.6 Å². The maximum absolute atomic E-state index is 6.04. The molecule has 0 radical (unpaired) electrons. The molecule has 0 aliphatic heterocycles. The van der Waals surface area contributed by atoms with Gasteiger partial charge >= 0.3 is 0 Å². The van der Waals surface area contributed by atoms with Gasteiger partial charge in [-0.3, -0.25) is 0 Å². The van der Waals surface area contributed by atoms with Crippen molar-refractivity contribution in [3.8, 4) is 108 Å². The van der Waals surface area contributed by atoms with Gasteiger partial charge in [-0.1, -0.05) is 145 Å². The first kappa shape index (κ1) is 34.4. The number of hydrogen-bond acceptors (Lipinski definition) is 0. The van der Waals surface area contributed by atoms with Crippen LogP contribution in [0.1, 0.15) is 74.5 Å². The van der Waals surface area contributed by atoms with E-state index in [4.69, 9.17) is 19.3 Å². The fourth-order valence-corrected chi connectivity index (χ4v) is 12.3. The molecule has 0 heterocycles. The Kier molecular flexibility index (Phi) is 7.53. The van der Waals surface area contributed by atoms with E-state index >= 15 is 0 Å². The SMILES string of the molecule is C#CC1=C(C#CC#Cc2cc(C#CC#CC3=C(C#C)C45C=CC=CC34CCC5)cc(C#CC#CC3=C(C#C)C45C=CC=CC34CCC5)c2)C23C=CC=CC12CCC3. The number of terminal acetylenes is 3. The van der Waals surface area contributed by atoms with E-state index in [0.717, 1.165) is 108 Å². The molecule has 1 aromatic carbocycles. The lowest BCUT2D eigenvalue weighted by atomic mass is 9.47. The standard InChI is InChI=1S/C57H36/c1-4-46-49(55-31-16-13-28-52(46,55)34-19-37-55)25-10-7-22-43-40-44(23-8-11-26-50-47(5-2)53-29-14-17-32-56(50,53)38-20-35-53)42-45(41-43)24-9-12-27-51-48(6-3)54-30-15-18-33-57(51,54)39-21-36-54/h1-3,13-18,28-33,40-42H,19-21,34-39H2. The van der Waals surface area contributed by atoms with Crippen LogP contribution in [0.5, 0.6) is 0 Å². The molecule has 0 amide bonds. The highest BCUT2D eigenvalue weighted by atomic mass is 14.7. The van der Waals surface area contributed by atoms with Gasteiger partial charge in [-0.25, -0.2) is 0 Å². The molecule has 0 spiro atoms. The number of hydrogen-bond donors (Lipinski definition) is 0. The minimum atomic E-state index is -0.100. The van der Waals surface area contributed by atoms with Gasteiger partial charge in [0.05, 0.1) is 0 Å². The summed E-state index contributed by atoms with van der Waals surface area (Å²) in [6, 6.07) is 5.86. The van der Waals surface area contributed by atoms with Gasteiger partial charge < -0.3 is 0 Å². The van der Waals surface area contributed by atoms with Gasteiger partial charge in [-0.2, -0.15) is 0 Å². The lowest BCUT2D eigenvalue weighted by Crippen LogP contribution is -2.48. The first-order chi connectivity index (χ1) is 28.0. The van der Waals surface area contributed by atoms with E-state index in [2.05, 4.69) is 162 Å². The molecule has 0 nitrogen and oxygen atoms in total. The first-order valence-electron chi connectivity index (χ1n) is 20.0. The largest absolute Gasteiger partial charge is 0.115 e. The van der Waals surface area contributed by atoms with Crippen LogP contribution in [-0.4, -0.2) is 0 Å². The van der Waals surface area contributed by atoms with Crippen molar-refractivity contribution in [1.82, 2.24) is 0 Å². The van der Waals surface area contributed by atoms with Gasteiger partial charge in [-0.05, 0) is 92.2 Å². The summed E-state index contributed by atoms with van der Waals surface area (Å²) in [6.07, 6.45) is 54.3. The molecule has 6 atom stereocenters. The molecule has 0 bridgehead atoms. The quantitative estimate of drug-likeness (QED) is 0.235. The van der Waals surface area contributed by atoms with Crippen molar-refractivity contribution in [2.24, 2.45) is 32.5 Å². The van der Waals surface area contributed by atoms with E-state index in [1.807, 2.05) is 18.2 Å². The van der Waals surface area contributed by atoms with E-state index in [9.17, 15) is 0 Å². The molecule has 6 unspecified atom stereocenters. The second-order valence-electron chi connectivity index (χ2n) is 16.5. The van der Waals surface area contributed by atoms with Crippen LogP contribution in [0.4, 0.5) is 0 Å². The van der Waals surface area contributed by atoms with Crippen molar-refractivity contribution >= 4 is 0 Å². The fraction of sp³-hybridized carbons (Fsp3) is 0.263. The molecule has 3 saturated carbocycles. The molecule has 57 heavy (non-hydrogen) atoms. The molecule has 10 rings (SSSR count). The Morgan fingerprint density at radius 2 is 0.544 bits per heavy atom. The van der Waals surface area contributed by atoms with Gasteiger partial charge in [0.25, 0.3) is 0 Å². The second kappa shape index (κ2) is 12.5. The lowest BCUT2D eigenvalue weighted by molar-refractivity contribution is 0.232. The van der Waals surface area contributed by atoms with Crippen LogP contribution in [-0.2, 0) is 0 Å². The number of allylic oxidation sites excluding steroid dienone is 18. The molecular formula is C57H36. The summed E-state index contributed by atoms with van der Waals surface area (Å²) >= 11 is 0. The lowest BCUT2D eigenvalue weighted by Gasteiger charge is -2.53. The van der Waals surface area contributed by atoms with Gasteiger partial charge in [0.15, 0.2) is 0 Å². The zero-order valence-electron chi connectivity index (χ0n) is 31.8. The number of rotatable bonds is 0. The average molecular weight is 721 g/mol. The van der Waals surface area contributed by atoms with E-state index in [0.29, 0.717) is 0 Å². The van der Waals surface area contributed by atoms with Crippen LogP contribution in [0, 0.1) is 141 Å². The second-order valence-corrected chi connectivity index (χ2v) is 16.5. The van der Waals surface area contributed by atoms with Crippen LogP contribution >= 0.6 is 0 Å². The number of benzene rings is 1. The van der Waals surface area contributed by atoms with Crippen molar-refractivity contribution in [3.63, 3.8) is 0 Å². The Bertz CT molecular complexity index is 2630. The smallest absolute Gasteiger partial charge is 0.0363 e. The van der Waals surface area contributed by atoms with Gasteiger partial charge in [0.1, 0.15) is 0 Å². The predicted octanol–water partition coefficient (Wildman–Crippen LogP) is 9.43. The third kappa shape index (κ3) is 4.32. The summed E-state index contributed by atoms with van der Waals surface area (Å²) in [5.41, 5.74) is 7.86. The highest BCUT2D eigenvalue weighted by Crippen LogP contribution is 2.73. The maximum Gasteiger partial charge on any atom is 0.0363 e. The average Bonchev–Trinajstić information content (AvgIpc) is 3.88. The van der Waals surface area contributed by atoms with Crippen molar-refractivity contribution in [2.45, 2.75) is 57.8 Å². The van der Waals surface area contributed by atoms with Crippen molar-refractivity contribution in [2.75, 3.05) is 0 Å². The minimum absolute atomic E-state index is 0.0798. The molecule has 3 fully saturated rings. The van der Waals surface area contributed by atoms with Crippen LogP contribution in [0.25, 0.3) is 0 Å². The Labute approximate surface area is 338 Å². The van der Waals surface area contributed by atoms with E-state index in [1.54, 1.807) is 0 Å². The normalized spacial score (nSPS) is 33.6. The summed E-state index contributed by atoms with van der Waals surface area (Å²) < 4.78 is 0. The Hall–Kier alpha value is -7.08. The van der Waals surface area contributed by atoms with Crippen LogP contribution in [0.2, 0.25) is 0 Å². The molecule has 0 aromatic heterocycles. The molecule has 264 valence electrons. The van der Waals surface area contributed by atoms with E-state index in [-0.39, 0.29) is 32.5 Å². The molecule has 9 aliphatic rings. The Morgan fingerprint density at radius 1 is 0.316 bits per heavy atom. The first-order valence-corrected chi connectivity index (χ1v) is 20.0. The minimum Gasteiger partial charge on any atom is -0.115 e. The summed E-state index contributed by atoms with van der Waals surface area (Å²) in [6.45, 7) is 0. The Balaban J connectivity index is 0.980. The predicted molar refractivity (Wildman–Crippen MR) is 229 cm³/mol. The van der Waals surface area contributed by atoms with Crippen LogP contribution in [0.15, 0.2) is 125 Å². The molecule has 0 heteroatoms. The molecule has 1 aromatic rings. The van der Waals surface area contributed by atoms with Crippen LogP contribution in [0.3, 0.4) is 0 Å². The van der Waals surface area contributed by atoms with E-state index in [1.165, 1.54) is 0 Å². The van der Waals surface area contributed by atoms with Gasteiger partial charge in [0.2, 0.25) is 0 Å². The fourth-order valence-electron chi connectivity index (χ4n) is 12.3. The summed E-state index contributed by atoms with van der Waals surface area (Å²) in [5.74, 6) is 47.5. The summed E-state index contributed by atoms with van der Waals surface area (Å²) in [4.78, 5) is 0. The van der Waals surface area contributed by atoms with Crippen molar-refractivity contribution < 1.29 is 0 Å².